The van der Waals surface area contributed by atoms with Crippen LogP contribution in [0.2, 0.25) is 0 Å². The zero-order valence-electron chi connectivity index (χ0n) is 16.5. The van der Waals surface area contributed by atoms with Crippen LogP contribution in [0.1, 0.15) is 15.9 Å². The average Bonchev–Trinajstić information content (AvgIpc) is 3.22. The lowest BCUT2D eigenvalue weighted by atomic mass is 10.1. The van der Waals surface area contributed by atoms with Crippen molar-refractivity contribution in [2.75, 3.05) is 5.32 Å². The van der Waals surface area contributed by atoms with E-state index in [9.17, 15) is 18.0 Å². The van der Waals surface area contributed by atoms with E-state index in [1.165, 1.54) is 24.7 Å². The smallest absolute Gasteiger partial charge is 0.322 e. The fourth-order valence-electron chi connectivity index (χ4n) is 3.64. The van der Waals surface area contributed by atoms with Crippen LogP contribution >= 0.6 is 0 Å². The van der Waals surface area contributed by atoms with Crippen molar-refractivity contribution in [2.24, 2.45) is 0 Å². The molecule has 1 N–H and O–H groups in total. The number of para-hydroxylation sites is 3. The lowest BCUT2D eigenvalue weighted by molar-refractivity contribution is -0.137. The Morgan fingerprint density at radius 3 is 2.44 bits per heavy atom. The second-order valence-electron chi connectivity index (χ2n) is 7.20. The van der Waals surface area contributed by atoms with Crippen molar-refractivity contribution in [3.8, 4) is 5.69 Å². The summed E-state index contributed by atoms with van der Waals surface area (Å²) < 4.78 is 42.4. The number of nitrogens with zero attached hydrogens (tertiary/aromatic N) is 3. The van der Waals surface area contributed by atoms with E-state index in [0.29, 0.717) is 27.5 Å². The van der Waals surface area contributed by atoms with Crippen molar-refractivity contribution in [1.29, 1.82) is 0 Å². The Balaban J connectivity index is 1.59. The number of alkyl halides is 3. The lowest BCUT2D eigenvalue weighted by Gasteiger charge is -2.14. The van der Waals surface area contributed by atoms with Crippen molar-refractivity contribution in [2.45, 2.75) is 6.18 Å². The molecule has 5 nitrogen and oxygen atoms in total. The molecule has 0 saturated carbocycles. The highest BCUT2D eigenvalue weighted by Gasteiger charge is 2.31. The van der Waals surface area contributed by atoms with Crippen LogP contribution in [0.4, 0.5) is 18.9 Å². The minimum absolute atomic E-state index is 0.0264. The van der Waals surface area contributed by atoms with Crippen LogP contribution in [-0.2, 0) is 6.18 Å². The number of amides is 1. The number of benzene rings is 3. The molecule has 0 aliphatic rings. The number of carbonyl (C=O) groups is 1. The summed E-state index contributed by atoms with van der Waals surface area (Å²) in [5, 5.41) is 3.22. The monoisotopic (exact) mass is 432 g/mol. The number of hydrogen-bond donors (Lipinski definition) is 1. The lowest BCUT2D eigenvalue weighted by Crippen LogP contribution is -2.14. The Bertz CT molecular complexity index is 1470. The van der Waals surface area contributed by atoms with E-state index in [0.717, 1.165) is 12.1 Å². The van der Waals surface area contributed by atoms with Gasteiger partial charge in [0, 0.05) is 23.0 Å². The normalized spacial score (nSPS) is 11.7. The number of halogens is 3. The summed E-state index contributed by atoms with van der Waals surface area (Å²) in [6, 6.07) is 19.2. The predicted octanol–water partition coefficient (Wildman–Crippen LogP) is 5.84. The van der Waals surface area contributed by atoms with Crippen LogP contribution in [0.3, 0.4) is 0 Å². The average molecular weight is 432 g/mol. The van der Waals surface area contributed by atoms with E-state index in [-0.39, 0.29) is 11.4 Å². The van der Waals surface area contributed by atoms with E-state index in [1.54, 1.807) is 53.1 Å². The van der Waals surface area contributed by atoms with Crippen LogP contribution in [0.15, 0.2) is 85.3 Å². The minimum atomic E-state index is -4.59. The molecule has 158 valence electrons. The molecule has 0 aliphatic carbocycles. The maximum Gasteiger partial charge on any atom is 0.416 e. The van der Waals surface area contributed by atoms with Crippen LogP contribution in [0, 0.1) is 0 Å². The molecule has 32 heavy (non-hydrogen) atoms. The van der Waals surface area contributed by atoms with Gasteiger partial charge in [0.1, 0.15) is 6.33 Å². The van der Waals surface area contributed by atoms with Gasteiger partial charge in [-0.2, -0.15) is 13.2 Å². The largest absolute Gasteiger partial charge is 0.416 e. The molecule has 1 amide bonds. The Morgan fingerprint density at radius 2 is 1.62 bits per heavy atom. The van der Waals surface area contributed by atoms with Gasteiger partial charge in [0.15, 0.2) is 0 Å². The molecule has 0 aliphatic heterocycles. The molecule has 5 rings (SSSR count). The fourth-order valence-corrected chi connectivity index (χ4v) is 3.64. The first-order chi connectivity index (χ1) is 15.4. The zero-order valence-corrected chi connectivity index (χ0v) is 16.5. The minimum Gasteiger partial charge on any atom is -0.322 e. The first-order valence-corrected chi connectivity index (χ1v) is 9.70. The molecule has 5 aromatic rings. The molecular formula is C24H15F3N4O. The highest BCUT2D eigenvalue weighted by atomic mass is 19.4. The van der Waals surface area contributed by atoms with Crippen LogP contribution < -0.4 is 5.32 Å². The third kappa shape index (κ3) is 3.56. The maximum atomic E-state index is 13.6. The van der Waals surface area contributed by atoms with Gasteiger partial charge in [0.25, 0.3) is 5.91 Å². The molecule has 8 heteroatoms. The highest BCUT2D eigenvalue weighted by molar-refractivity contribution is 6.12. The van der Waals surface area contributed by atoms with Gasteiger partial charge >= 0.3 is 6.18 Å². The number of aromatic nitrogens is 3. The second-order valence-corrected chi connectivity index (χ2v) is 7.20. The highest BCUT2D eigenvalue weighted by Crippen LogP contribution is 2.34. The fraction of sp³-hybridized carbons (Fsp3) is 0.0417. The Labute approximate surface area is 180 Å². The van der Waals surface area contributed by atoms with Crippen molar-refractivity contribution in [3.63, 3.8) is 0 Å². The number of pyridine rings is 1. The second kappa shape index (κ2) is 7.49. The maximum absolute atomic E-state index is 13.6. The van der Waals surface area contributed by atoms with E-state index in [2.05, 4.69) is 15.3 Å². The van der Waals surface area contributed by atoms with Crippen LogP contribution in [0.5, 0.6) is 0 Å². The number of anilines is 1. The van der Waals surface area contributed by atoms with Gasteiger partial charge in [-0.25, -0.2) is 4.98 Å². The molecule has 0 fully saturated rings. The Kier molecular flexibility index (Phi) is 4.62. The Morgan fingerprint density at radius 1 is 0.875 bits per heavy atom. The molecule has 0 saturated heterocycles. The van der Waals surface area contributed by atoms with Gasteiger partial charge in [-0.15, -0.1) is 0 Å². The molecule has 2 heterocycles. The summed E-state index contributed by atoms with van der Waals surface area (Å²) in [7, 11) is 0. The van der Waals surface area contributed by atoms with Gasteiger partial charge in [-0.1, -0.05) is 30.3 Å². The van der Waals surface area contributed by atoms with E-state index in [4.69, 9.17) is 0 Å². The number of rotatable bonds is 3. The number of carbonyl (C=O) groups excluding carboxylic acids is 1. The first-order valence-electron chi connectivity index (χ1n) is 9.70. The number of hydrogen-bond acceptors (Lipinski definition) is 3. The van der Waals surface area contributed by atoms with Crippen molar-refractivity contribution in [3.05, 3.63) is 96.4 Å². The summed E-state index contributed by atoms with van der Waals surface area (Å²) in [5.41, 5.74) is 1.64. The number of imidazole rings is 1. The van der Waals surface area contributed by atoms with Crippen molar-refractivity contribution >= 4 is 33.5 Å². The Hall–Kier alpha value is -4.20. The molecule has 0 atom stereocenters. The van der Waals surface area contributed by atoms with Gasteiger partial charge in [-0.05, 0) is 42.5 Å². The first kappa shape index (κ1) is 19.7. The predicted molar refractivity (Wildman–Crippen MR) is 116 cm³/mol. The zero-order chi connectivity index (χ0) is 22.3. The standard InChI is InChI=1S/C24H15F3N4O/c25-24(26,27)15-11-16(13-17(12-15)31-14-29-21-7-3-4-8-22(21)31)30-23(32)19-9-10-28-20-6-2-1-5-18(19)20/h1-14H,(H,30,32). The van der Waals surface area contributed by atoms with Gasteiger partial charge in [-0.3, -0.25) is 14.3 Å². The molecule has 2 aromatic heterocycles. The summed E-state index contributed by atoms with van der Waals surface area (Å²) in [4.78, 5) is 21.4. The van der Waals surface area contributed by atoms with Crippen LogP contribution in [0.25, 0.3) is 27.6 Å². The molecular weight excluding hydrogens is 417 g/mol. The third-order valence-corrected chi connectivity index (χ3v) is 5.13. The summed E-state index contributed by atoms with van der Waals surface area (Å²) >= 11 is 0. The summed E-state index contributed by atoms with van der Waals surface area (Å²) in [5.74, 6) is -0.524. The van der Waals surface area contributed by atoms with E-state index >= 15 is 0 Å². The molecule has 0 bridgehead atoms. The van der Waals surface area contributed by atoms with Gasteiger partial charge in [0.2, 0.25) is 0 Å². The molecule has 3 aromatic carbocycles. The van der Waals surface area contributed by atoms with Crippen LogP contribution in [-0.4, -0.2) is 20.4 Å². The summed E-state index contributed by atoms with van der Waals surface area (Å²) in [6.07, 6.45) is -1.64. The van der Waals surface area contributed by atoms with Gasteiger partial charge < -0.3 is 5.32 Å². The topological polar surface area (TPSA) is 59.8 Å². The molecule has 0 unspecified atom stereocenters. The van der Waals surface area contributed by atoms with Gasteiger partial charge in [0.05, 0.1) is 27.7 Å². The molecule has 0 spiro atoms. The van der Waals surface area contributed by atoms with Crippen molar-refractivity contribution in [1.82, 2.24) is 14.5 Å². The quantitative estimate of drug-likeness (QED) is 0.389. The van der Waals surface area contributed by atoms with E-state index in [1.807, 2.05) is 0 Å². The third-order valence-electron chi connectivity index (χ3n) is 5.13. The number of fused-ring (bicyclic) bond motifs is 2. The van der Waals surface area contributed by atoms with E-state index < -0.39 is 17.6 Å². The SMILES string of the molecule is O=C(Nc1cc(-n2cnc3ccccc32)cc(C(F)(F)F)c1)c1ccnc2ccccc12. The molecule has 0 radical (unpaired) electrons. The summed E-state index contributed by atoms with van der Waals surface area (Å²) in [6.45, 7) is 0. The van der Waals surface area contributed by atoms with Crippen molar-refractivity contribution < 1.29 is 18.0 Å². The number of nitrogens with one attached hydrogen (secondary N) is 1.